The van der Waals surface area contributed by atoms with Crippen LogP contribution in [0.2, 0.25) is 0 Å². The topological polar surface area (TPSA) is 49.4 Å². The second-order valence-electron chi connectivity index (χ2n) is 7.34. The summed E-state index contributed by atoms with van der Waals surface area (Å²) >= 11 is 1.47. The van der Waals surface area contributed by atoms with E-state index in [0.29, 0.717) is 12.1 Å². The van der Waals surface area contributed by atoms with Crippen LogP contribution in [-0.2, 0) is 19.4 Å². The number of nitrogens with one attached hydrogen (secondary N) is 1. The van der Waals surface area contributed by atoms with Crippen LogP contribution >= 0.6 is 11.3 Å². The quantitative estimate of drug-likeness (QED) is 0.639. The molecule has 0 fully saturated rings. The number of rotatable bonds is 5. The zero-order valence-corrected chi connectivity index (χ0v) is 17.3. The number of hydrogen-bond acceptors (Lipinski definition) is 3. The second kappa shape index (κ2) is 8.62. The zero-order chi connectivity index (χ0) is 20.2. The van der Waals surface area contributed by atoms with Crippen molar-refractivity contribution in [2.45, 2.75) is 32.7 Å². The fraction of sp³-hybridized carbons (Fsp3) is 0.250. The monoisotopic (exact) mass is 404 g/mol. The van der Waals surface area contributed by atoms with Crippen LogP contribution in [0.3, 0.4) is 0 Å². The Kier molecular flexibility index (Phi) is 5.76. The van der Waals surface area contributed by atoms with Crippen molar-refractivity contribution >= 4 is 28.8 Å². The predicted octanol–water partition coefficient (Wildman–Crippen LogP) is 5.15. The van der Waals surface area contributed by atoms with Crippen LogP contribution in [0.25, 0.3) is 0 Å². The van der Waals surface area contributed by atoms with Gasteiger partial charge in [0.1, 0.15) is 0 Å². The number of aryl methyl sites for hydroxylation is 1. The van der Waals surface area contributed by atoms with Crippen molar-refractivity contribution in [3.8, 4) is 0 Å². The van der Waals surface area contributed by atoms with Gasteiger partial charge in [0.15, 0.2) is 0 Å². The molecule has 1 aromatic heterocycles. The van der Waals surface area contributed by atoms with E-state index in [2.05, 4.69) is 18.3 Å². The summed E-state index contributed by atoms with van der Waals surface area (Å²) in [7, 11) is 0. The van der Waals surface area contributed by atoms with Crippen molar-refractivity contribution in [3.05, 3.63) is 87.1 Å². The summed E-state index contributed by atoms with van der Waals surface area (Å²) in [5.41, 5.74) is 4.99. The molecule has 148 valence electrons. The molecule has 3 aromatic rings. The van der Waals surface area contributed by atoms with Crippen molar-refractivity contribution in [3.63, 3.8) is 0 Å². The van der Waals surface area contributed by atoms with E-state index in [-0.39, 0.29) is 11.8 Å². The molecule has 29 heavy (non-hydrogen) atoms. The number of thiophene rings is 1. The SMILES string of the molecule is CCCc1ccc(C(=O)Nc2ccc3c(c2)CN(C(=O)c2cccs2)CC3)cc1. The minimum absolute atomic E-state index is 0.0762. The lowest BCUT2D eigenvalue weighted by molar-refractivity contribution is 0.0739. The Hall–Kier alpha value is -2.92. The van der Waals surface area contributed by atoms with Crippen LogP contribution in [0.4, 0.5) is 5.69 Å². The lowest BCUT2D eigenvalue weighted by atomic mass is 9.98. The molecule has 2 amide bonds. The van der Waals surface area contributed by atoms with Gasteiger partial charge in [-0.15, -0.1) is 11.3 Å². The minimum atomic E-state index is -0.115. The molecule has 0 bridgehead atoms. The fourth-order valence-corrected chi connectivity index (χ4v) is 4.37. The Labute approximate surface area is 175 Å². The molecular weight excluding hydrogens is 380 g/mol. The van der Waals surface area contributed by atoms with Crippen LogP contribution in [0.1, 0.15) is 50.1 Å². The maximum absolute atomic E-state index is 12.7. The first-order chi connectivity index (χ1) is 14.1. The van der Waals surface area contributed by atoms with Gasteiger partial charge in [-0.2, -0.15) is 0 Å². The number of carbonyl (C=O) groups excluding carboxylic acids is 2. The molecule has 2 heterocycles. The van der Waals surface area contributed by atoms with Crippen molar-refractivity contribution < 1.29 is 9.59 Å². The molecule has 4 rings (SSSR count). The molecule has 0 saturated carbocycles. The average Bonchev–Trinajstić information content (AvgIpc) is 3.28. The number of carbonyl (C=O) groups is 2. The normalized spacial score (nSPS) is 13.1. The largest absolute Gasteiger partial charge is 0.333 e. The van der Waals surface area contributed by atoms with E-state index in [1.165, 1.54) is 22.5 Å². The van der Waals surface area contributed by atoms with E-state index >= 15 is 0 Å². The number of fused-ring (bicyclic) bond motifs is 1. The minimum Gasteiger partial charge on any atom is -0.333 e. The van der Waals surface area contributed by atoms with E-state index in [0.717, 1.165) is 41.9 Å². The molecule has 0 radical (unpaired) electrons. The van der Waals surface area contributed by atoms with Crippen LogP contribution in [-0.4, -0.2) is 23.3 Å². The van der Waals surface area contributed by atoms with Crippen molar-refractivity contribution in [2.24, 2.45) is 0 Å². The number of hydrogen-bond donors (Lipinski definition) is 1. The van der Waals surface area contributed by atoms with E-state index in [1.54, 1.807) is 0 Å². The maximum atomic E-state index is 12.7. The Bertz CT molecular complexity index is 1010. The predicted molar refractivity (Wildman–Crippen MR) is 118 cm³/mol. The average molecular weight is 405 g/mol. The molecule has 0 unspecified atom stereocenters. The lowest BCUT2D eigenvalue weighted by Crippen LogP contribution is -2.35. The number of benzene rings is 2. The third-order valence-electron chi connectivity index (χ3n) is 5.25. The zero-order valence-electron chi connectivity index (χ0n) is 16.5. The number of amides is 2. The van der Waals surface area contributed by atoms with Crippen LogP contribution in [0, 0.1) is 0 Å². The van der Waals surface area contributed by atoms with Crippen molar-refractivity contribution in [1.82, 2.24) is 4.90 Å². The van der Waals surface area contributed by atoms with Gasteiger partial charge < -0.3 is 10.2 Å². The molecule has 2 aromatic carbocycles. The molecule has 0 aliphatic carbocycles. The lowest BCUT2D eigenvalue weighted by Gasteiger charge is -2.29. The summed E-state index contributed by atoms with van der Waals surface area (Å²) in [6.07, 6.45) is 2.94. The molecular formula is C24H24N2O2S. The van der Waals surface area contributed by atoms with E-state index < -0.39 is 0 Å². The molecule has 1 aliphatic rings. The summed E-state index contributed by atoms with van der Waals surface area (Å²) in [5, 5.41) is 4.92. The van der Waals surface area contributed by atoms with Gasteiger partial charge >= 0.3 is 0 Å². The Morgan fingerprint density at radius 3 is 2.62 bits per heavy atom. The molecule has 0 saturated heterocycles. The van der Waals surface area contributed by atoms with Gasteiger partial charge in [0.05, 0.1) is 4.88 Å². The number of anilines is 1. The molecule has 5 heteroatoms. The first-order valence-corrected chi connectivity index (χ1v) is 10.9. The Morgan fingerprint density at radius 2 is 1.90 bits per heavy atom. The van der Waals surface area contributed by atoms with Gasteiger partial charge in [-0.3, -0.25) is 9.59 Å². The molecule has 1 aliphatic heterocycles. The standard InChI is InChI=1S/C24H24N2O2S/c1-2-4-17-6-8-19(9-7-17)23(27)25-21-11-10-18-12-13-26(16-20(18)15-21)24(28)22-5-3-14-29-22/h3,5-11,14-15H,2,4,12-13,16H2,1H3,(H,25,27). The second-order valence-corrected chi connectivity index (χ2v) is 8.29. The molecule has 1 N–H and O–H groups in total. The van der Waals surface area contributed by atoms with Gasteiger partial charge in [0.25, 0.3) is 11.8 Å². The number of nitrogens with zero attached hydrogens (tertiary/aromatic N) is 1. The van der Waals surface area contributed by atoms with Gasteiger partial charge in [-0.25, -0.2) is 0 Å². The third-order valence-corrected chi connectivity index (χ3v) is 6.11. The Balaban J connectivity index is 1.46. The van der Waals surface area contributed by atoms with Crippen LogP contribution < -0.4 is 5.32 Å². The van der Waals surface area contributed by atoms with Gasteiger partial charge in [-0.05, 0) is 65.2 Å². The van der Waals surface area contributed by atoms with E-state index in [4.69, 9.17) is 0 Å². The van der Waals surface area contributed by atoms with Crippen LogP contribution in [0.5, 0.6) is 0 Å². The fourth-order valence-electron chi connectivity index (χ4n) is 3.68. The molecule has 0 atom stereocenters. The van der Waals surface area contributed by atoms with Gasteiger partial charge in [-0.1, -0.05) is 37.6 Å². The van der Waals surface area contributed by atoms with Crippen LogP contribution in [0.15, 0.2) is 60.0 Å². The first kappa shape index (κ1) is 19.4. The smallest absolute Gasteiger partial charge is 0.264 e. The van der Waals surface area contributed by atoms with Crippen molar-refractivity contribution in [2.75, 3.05) is 11.9 Å². The summed E-state index contributed by atoms with van der Waals surface area (Å²) in [6.45, 7) is 3.44. The summed E-state index contributed by atoms with van der Waals surface area (Å²) < 4.78 is 0. The maximum Gasteiger partial charge on any atom is 0.264 e. The summed E-state index contributed by atoms with van der Waals surface area (Å²) in [6, 6.07) is 17.5. The van der Waals surface area contributed by atoms with Gasteiger partial charge in [0.2, 0.25) is 0 Å². The highest BCUT2D eigenvalue weighted by Crippen LogP contribution is 2.25. The highest BCUT2D eigenvalue weighted by Gasteiger charge is 2.22. The Morgan fingerprint density at radius 1 is 1.07 bits per heavy atom. The highest BCUT2D eigenvalue weighted by molar-refractivity contribution is 7.12. The molecule has 0 spiro atoms. The summed E-state index contributed by atoms with van der Waals surface area (Å²) in [4.78, 5) is 27.9. The van der Waals surface area contributed by atoms with E-state index in [9.17, 15) is 9.59 Å². The third kappa shape index (κ3) is 4.40. The van der Waals surface area contributed by atoms with Crippen molar-refractivity contribution in [1.29, 1.82) is 0 Å². The molecule has 4 nitrogen and oxygen atoms in total. The highest BCUT2D eigenvalue weighted by atomic mass is 32.1. The van der Waals surface area contributed by atoms with Gasteiger partial charge in [0, 0.05) is 24.3 Å². The van der Waals surface area contributed by atoms with E-state index in [1.807, 2.05) is 58.8 Å². The first-order valence-electron chi connectivity index (χ1n) is 9.99. The summed E-state index contributed by atoms with van der Waals surface area (Å²) in [5.74, 6) is -0.0393.